The Bertz CT molecular complexity index is 344. The summed E-state index contributed by atoms with van der Waals surface area (Å²) in [5, 5.41) is 1.05. The Morgan fingerprint density at radius 3 is 2.33 bits per heavy atom. The van der Waals surface area contributed by atoms with E-state index in [-0.39, 0.29) is 5.96 Å². The molecule has 0 heterocycles. The van der Waals surface area contributed by atoms with Gasteiger partial charge in [0.25, 0.3) is 0 Å². The van der Waals surface area contributed by atoms with Crippen LogP contribution in [0.5, 0.6) is 5.75 Å². The van der Waals surface area contributed by atoms with Crippen molar-refractivity contribution in [3.05, 3.63) is 28.2 Å². The molecular weight excluding hydrogens is 237 g/mol. The second kappa shape index (κ2) is 5.68. The van der Waals surface area contributed by atoms with Crippen LogP contribution in [-0.2, 0) is 0 Å². The van der Waals surface area contributed by atoms with Crippen LogP contribution in [0.25, 0.3) is 0 Å². The molecule has 0 radical (unpaired) electrons. The van der Waals surface area contributed by atoms with E-state index >= 15 is 0 Å². The number of benzene rings is 1. The van der Waals surface area contributed by atoms with Gasteiger partial charge in [-0.3, -0.25) is 4.99 Å². The van der Waals surface area contributed by atoms with E-state index in [0.717, 1.165) is 0 Å². The molecule has 1 rings (SSSR count). The van der Waals surface area contributed by atoms with Crippen LogP contribution in [0.1, 0.15) is 0 Å². The molecule has 0 saturated carbocycles. The number of nitrogens with zero attached hydrogens (tertiary/aromatic N) is 1. The van der Waals surface area contributed by atoms with E-state index in [0.29, 0.717) is 28.9 Å². The van der Waals surface area contributed by atoms with E-state index in [1.807, 2.05) is 0 Å². The SMILES string of the molecule is NC(N)=NCCOc1cc(Cl)cc(Cl)c1. The lowest BCUT2D eigenvalue weighted by Gasteiger charge is -2.05. The lowest BCUT2D eigenvalue weighted by Crippen LogP contribution is -2.23. The average molecular weight is 248 g/mol. The molecule has 0 spiro atoms. The monoisotopic (exact) mass is 247 g/mol. The van der Waals surface area contributed by atoms with Crippen LogP contribution in [0.4, 0.5) is 0 Å². The minimum absolute atomic E-state index is 0.0442. The molecule has 15 heavy (non-hydrogen) atoms. The van der Waals surface area contributed by atoms with E-state index < -0.39 is 0 Å². The molecule has 4 nitrogen and oxygen atoms in total. The summed E-state index contributed by atoms with van der Waals surface area (Å²) >= 11 is 11.6. The summed E-state index contributed by atoms with van der Waals surface area (Å²) in [6.45, 7) is 0.765. The van der Waals surface area contributed by atoms with Crippen molar-refractivity contribution in [2.24, 2.45) is 16.5 Å². The Balaban J connectivity index is 2.47. The first-order chi connectivity index (χ1) is 7.08. The molecule has 0 atom stereocenters. The second-order valence-electron chi connectivity index (χ2n) is 2.76. The van der Waals surface area contributed by atoms with Crippen LogP contribution in [-0.4, -0.2) is 19.1 Å². The van der Waals surface area contributed by atoms with Crippen molar-refractivity contribution in [3.63, 3.8) is 0 Å². The molecule has 4 N–H and O–H groups in total. The van der Waals surface area contributed by atoms with Crippen molar-refractivity contribution < 1.29 is 4.74 Å². The molecule has 0 aliphatic carbocycles. The molecular formula is C9H11Cl2N3O. The average Bonchev–Trinajstić information content (AvgIpc) is 2.10. The van der Waals surface area contributed by atoms with Gasteiger partial charge in [-0.15, -0.1) is 0 Å². The van der Waals surface area contributed by atoms with Gasteiger partial charge in [0.15, 0.2) is 5.96 Å². The Labute approximate surface area is 97.8 Å². The number of halogens is 2. The standard InChI is InChI=1S/C9H11Cl2N3O/c10-6-3-7(11)5-8(4-6)15-2-1-14-9(12)13/h3-5H,1-2H2,(H4,12,13,14). The maximum atomic E-state index is 5.78. The van der Waals surface area contributed by atoms with Crippen LogP contribution in [0.2, 0.25) is 10.0 Å². The van der Waals surface area contributed by atoms with Crippen LogP contribution in [0.15, 0.2) is 23.2 Å². The first-order valence-corrected chi connectivity index (χ1v) is 4.98. The number of aliphatic imine (C=N–C) groups is 1. The quantitative estimate of drug-likeness (QED) is 0.483. The normalized spacial score (nSPS) is 9.73. The van der Waals surface area contributed by atoms with Gasteiger partial charge in [0, 0.05) is 10.0 Å². The maximum Gasteiger partial charge on any atom is 0.186 e. The van der Waals surface area contributed by atoms with Gasteiger partial charge < -0.3 is 16.2 Å². The number of guanidine groups is 1. The molecule has 0 aliphatic heterocycles. The Morgan fingerprint density at radius 1 is 1.20 bits per heavy atom. The zero-order valence-corrected chi connectivity index (χ0v) is 9.42. The number of hydrogen-bond acceptors (Lipinski definition) is 2. The van der Waals surface area contributed by atoms with Crippen LogP contribution in [0.3, 0.4) is 0 Å². The van der Waals surface area contributed by atoms with Crippen LogP contribution < -0.4 is 16.2 Å². The molecule has 82 valence electrons. The molecule has 0 fully saturated rings. The van der Waals surface area contributed by atoms with Crippen LogP contribution >= 0.6 is 23.2 Å². The predicted octanol–water partition coefficient (Wildman–Crippen LogP) is 1.65. The van der Waals surface area contributed by atoms with Gasteiger partial charge in [0.1, 0.15) is 12.4 Å². The predicted molar refractivity (Wildman–Crippen MR) is 62.6 cm³/mol. The number of hydrogen-bond donors (Lipinski definition) is 2. The molecule has 0 unspecified atom stereocenters. The van der Waals surface area contributed by atoms with Crippen molar-refractivity contribution in [1.29, 1.82) is 0 Å². The van der Waals surface area contributed by atoms with E-state index in [2.05, 4.69) is 4.99 Å². The molecule has 1 aromatic rings. The Morgan fingerprint density at radius 2 is 1.80 bits per heavy atom. The molecule has 0 saturated heterocycles. The van der Waals surface area contributed by atoms with E-state index in [9.17, 15) is 0 Å². The van der Waals surface area contributed by atoms with E-state index in [1.165, 1.54) is 0 Å². The third kappa shape index (κ3) is 4.76. The lowest BCUT2D eigenvalue weighted by atomic mass is 10.3. The van der Waals surface area contributed by atoms with Crippen molar-refractivity contribution in [2.45, 2.75) is 0 Å². The highest BCUT2D eigenvalue weighted by atomic mass is 35.5. The van der Waals surface area contributed by atoms with Gasteiger partial charge >= 0.3 is 0 Å². The molecule has 0 aromatic heterocycles. The van der Waals surface area contributed by atoms with Crippen LogP contribution in [0, 0.1) is 0 Å². The zero-order valence-electron chi connectivity index (χ0n) is 7.91. The molecule has 1 aromatic carbocycles. The summed E-state index contributed by atoms with van der Waals surface area (Å²) in [7, 11) is 0. The summed E-state index contributed by atoms with van der Waals surface area (Å²) in [6.07, 6.45) is 0. The topological polar surface area (TPSA) is 73.6 Å². The van der Waals surface area contributed by atoms with Crippen molar-refractivity contribution in [2.75, 3.05) is 13.2 Å². The van der Waals surface area contributed by atoms with Crippen molar-refractivity contribution >= 4 is 29.2 Å². The fourth-order valence-electron chi connectivity index (χ4n) is 0.950. The van der Waals surface area contributed by atoms with Gasteiger partial charge in [-0.1, -0.05) is 23.2 Å². The number of rotatable bonds is 4. The number of ether oxygens (including phenoxy) is 1. The fourth-order valence-corrected chi connectivity index (χ4v) is 1.46. The molecule has 0 aliphatic rings. The third-order valence-corrected chi connectivity index (χ3v) is 1.93. The summed E-state index contributed by atoms with van der Waals surface area (Å²) in [5.41, 5.74) is 10.3. The zero-order chi connectivity index (χ0) is 11.3. The van der Waals surface area contributed by atoms with Gasteiger partial charge in [-0.25, -0.2) is 0 Å². The highest BCUT2D eigenvalue weighted by Crippen LogP contribution is 2.23. The van der Waals surface area contributed by atoms with Gasteiger partial charge in [-0.05, 0) is 18.2 Å². The highest BCUT2D eigenvalue weighted by Gasteiger charge is 1.98. The molecule has 6 heteroatoms. The summed E-state index contributed by atoms with van der Waals surface area (Å²) in [6, 6.07) is 4.97. The maximum absolute atomic E-state index is 5.78. The largest absolute Gasteiger partial charge is 0.492 e. The smallest absolute Gasteiger partial charge is 0.186 e. The molecule has 0 bridgehead atoms. The first-order valence-electron chi connectivity index (χ1n) is 4.22. The van der Waals surface area contributed by atoms with Crippen molar-refractivity contribution in [1.82, 2.24) is 0 Å². The summed E-state index contributed by atoms with van der Waals surface area (Å²) < 4.78 is 5.33. The second-order valence-corrected chi connectivity index (χ2v) is 3.63. The summed E-state index contributed by atoms with van der Waals surface area (Å²) in [4.78, 5) is 3.77. The lowest BCUT2D eigenvalue weighted by molar-refractivity contribution is 0.329. The van der Waals surface area contributed by atoms with E-state index in [1.54, 1.807) is 18.2 Å². The minimum Gasteiger partial charge on any atom is -0.492 e. The Kier molecular flexibility index (Phi) is 4.52. The highest BCUT2D eigenvalue weighted by molar-refractivity contribution is 6.34. The Hall–Kier alpha value is -1.13. The van der Waals surface area contributed by atoms with Gasteiger partial charge in [0.2, 0.25) is 0 Å². The molecule has 0 amide bonds. The minimum atomic E-state index is 0.0442. The summed E-state index contributed by atoms with van der Waals surface area (Å²) in [5.74, 6) is 0.640. The van der Waals surface area contributed by atoms with Gasteiger partial charge in [0.05, 0.1) is 6.54 Å². The van der Waals surface area contributed by atoms with Gasteiger partial charge in [-0.2, -0.15) is 0 Å². The number of nitrogens with two attached hydrogens (primary N) is 2. The van der Waals surface area contributed by atoms with E-state index in [4.69, 9.17) is 39.4 Å². The fraction of sp³-hybridized carbons (Fsp3) is 0.222. The first kappa shape index (κ1) is 11.9. The van der Waals surface area contributed by atoms with Crippen molar-refractivity contribution in [3.8, 4) is 5.75 Å². The third-order valence-electron chi connectivity index (χ3n) is 1.49.